The summed E-state index contributed by atoms with van der Waals surface area (Å²) < 4.78 is 18.8. The first-order valence-corrected chi connectivity index (χ1v) is 5.48. The van der Waals surface area contributed by atoms with Gasteiger partial charge in [-0.3, -0.25) is 0 Å². The zero-order chi connectivity index (χ0) is 10.3. The molecule has 0 amide bonds. The lowest BCUT2D eigenvalue weighted by atomic mass is 9.85. The fourth-order valence-electron chi connectivity index (χ4n) is 2.60. The van der Waals surface area contributed by atoms with Crippen molar-refractivity contribution in [2.24, 2.45) is 0 Å². The first kappa shape index (κ1) is 9.31. The van der Waals surface area contributed by atoms with Crippen LogP contribution in [0.1, 0.15) is 23.6 Å². The molecule has 0 saturated carbocycles. The number of hydrogen-bond acceptors (Lipinski definition) is 2. The maximum absolute atomic E-state index is 13.1. The van der Waals surface area contributed by atoms with Crippen molar-refractivity contribution >= 4 is 0 Å². The minimum absolute atomic E-state index is 0.135. The lowest BCUT2D eigenvalue weighted by Gasteiger charge is -2.37. The van der Waals surface area contributed by atoms with E-state index < -0.39 is 0 Å². The van der Waals surface area contributed by atoms with Crippen molar-refractivity contribution in [3.8, 4) is 0 Å². The van der Waals surface area contributed by atoms with Crippen molar-refractivity contribution in [1.82, 2.24) is 5.32 Å². The average molecular weight is 207 g/mol. The topological polar surface area (TPSA) is 21.3 Å². The molecule has 1 heterocycles. The molecule has 1 saturated heterocycles. The monoisotopic (exact) mass is 207 g/mol. The smallest absolute Gasteiger partial charge is 0.123 e. The van der Waals surface area contributed by atoms with E-state index in [1.165, 1.54) is 11.6 Å². The lowest BCUT2D eigenvalue weighted by molar-refractivity contribution is -0.0138. The Kier molecular flexibility index (Phi) is 2.22. The fraction of sp³-hybridized carbons (Fsp3) is 0.500. The predicted molar refractivity (Wildman–Crippen MR) is 55.2 cm³/mol. The van der Waals surface area contributed by atoms with E-state index >= 15 is 0 Å². The Morgan fingerprint density at radius 3 is 3.27 bits per heavy atom. The van der Waals surface area contributed by atoms with Crippen molar-refractivity contribution in [2.45, 2.75) is 25.0 Å². The molecule has 80 valence electrons. The van der Waals surface area contributed by atoms with Gasteiger partial charge in [0.25, 0.3) is 0 Å². The van der Waals surface area contributed by atoms with Crippen LogP contribution in [0.15, 0.2) is 18.2 Å². The summed E-state index contributed by atoms with van der Waals surface area (Å²) in [6.45, 7) is 1.68. The van der Waals surface area contributed by atoms with Gasteiger partial charge in [-0.1, -0.05) is 6.07 Å². The van der Waals surface area contributed by atoms with Gasteiger partial charge in [0.1, 0.15) is 5.82 Å². The number of nitrogens with one attached hydrogen (secondary N) is 1. The molecule has 1 aliphatic heterocycles. The summed E-state index contributed by atoms with van der Waals surface area (Å²) in [4.78, 5) is 0. The van der Waals surface area contributed by atoms with Gasteiger partial charge in [0, 0.05) is 6.54 Å². The predicted octanol–water partition coefficient (Wildman–Crippen LogP) is 1.80. The number of halogens is 1. The molecular weight excluding hydrogens is 193 g/mol. The highest BCUT2D eigenvalue weighted by atomic mass is 19.1. The largest absolute Gasteiger partial charge is 0.375 e. The highest BCUT2D eigenvalue weighted by Crippen LogP contribution is 2.33. The fourth-order valence-corrected chi connectivity index (χ4v) is 2.60. The number of rotatable bonds is 0. The van der Waals surface area contributed by atoms with Crippen LogP contribution in [0.4, 0.5) is 4.39 Å². The number of morpholine rings is 1. The normalized spacial score (nSPS) is 29.4. The zero-order valence-corrected chi connectivity index (χ0v) is 8.50. The first-order valence-electron chi connectivity index (χ1n) is 5.48. The maximum Gasteiger partial charge on any atom is 0.123 e. The van der Waals surface area contributed by atoms with Crippen molar-refractivity contribution in [3.05, 3.63) is 35.1 Å². The summed E-state index contributed by atoms with van der Waals surface area (Å²) in [5.41, 5.74) is 2.35. The molecule has 2 nitrogen and oxygen atoms in total. The summed E-state index contributed by atoms with van der Waals surface area (Å²) in [6, 6.07) is 5.35. The molecule has 2 unspecified atom stereocenters. The standard InChI is InChI=1S/C12H14FNO/c13-9-2-3-10-8(7-9)1-4-11-12(10)14-5-6-15-11/h2-3,7,11-12,14H,1,4-6H2. The minimum atomic E-state index is -0.135. The van der Waals surface area contributed by atoms with Crippen LogP contribution in [0.25, 0.3) is 0 Å². The average Bonchev–Trinajstić information content (AvgIpc) is 2.28. The molecule has 3 heteroatoms. The zero-order valence-electron chi connectivity index (χ0n) is 8.50. The third-order valence-electron chi connectivity index (χ3n) is 3.31. The molecule has 3 rings (SSSR count). The van der Waals surface area contributed by atoms with Crippen molar-refractivity contribution in [1.29, 1.82) is 0 Å². The molecule has 0 radical (unpaired) electrons. The third-order valence-corrected chi connectivity index (χ3v) is 3.31. The van der Waals surface area contributed by atoms with Crippen molar-refractivity contribution in [2.75, 3.05) is 13.2 Å². The summed E-state index contributed by atoms with van der Waals surface area (Å²) >= 11 is 0. The molecule has 1 aliphatic carbocycles. The molecule has 0 aromatic heterocycles. The van der Waals surface area contributed by atoms with Crippen LogP contribution >= 0.6 is 0 Å². The Labute approximate surface area is 88.4 Å². The van der Waals surface area contributed by atoms with Gasteiger partial charge in [0.15, 0.2) is 0 Å². The van der Waals surface area contributed by atoms with Gasteiger partial charge < -0.3 is 10.1 Å². The van der Waals surface area contributed by atoms with Gasteiger partial charge in [-0.25, -0.2) is 4.39 Å². The van der Waals surface area contributed by atoms with Gasteiger partial charge in [-0.15, -0.1) is 0 Å². The molecular formula is C12H14FNO. The van der Waals surface area contributed by atoms with Crippen LogP contribution in [0.5, 0.6) is 0 Å². The van der Waals surface area contributed by atoms with Gasteiger partial charge in [-0.05, 0) is 36.1 Å². The molecule has 1 aromatic rings. The van der Waals surface area contributed by atoms with Gasteiger partial charge >= 0.3 is 0 Å². The number of aryl methyl sites for hydroxylation is 1. The van der Waals surface area contributed by atoms with E-state index in [0.717, 1.165) is 31.6 Å². The third kappa shape index (κ3) is 1.56. The molecule has 1 aromatic carbocycles. The van der Waals surface area contributed by atoms with Crippen LogP contribution in [0.3, 0.4) is 0 Å². The Balaban J connectivity index is 1.99. The van der Waals surface area contributed by atoms with Gasteiger partial charge in [0.05, 0.1) is 18.8 Å². The van der Waals surface area contributed by atoms with E-state index in [-0.39, 0.29) is 18.0 Å². The summed E-state index contributed by atoms with van der Waals surface area (Å²) in [5.74, 6) is -0.135. The number of fused-ring (bicyclic) bond motifs is 3. The Hall–Kier alpha value is -0.930. The van der Waals surface area contributed by atoms with Crippen molar-refractivity contribution in [3.63, 3.8) is 0 Å². The molecule has 1 fully saturated rings. The van der Waals surface area contributed by atoms with Crippen LogP contribution in [-0.4, -0.2) is 19.3 Å². The van der Waals surface area contributed by atoms with Crippen LogP contribution in [-0.2, 0) is 11.2 Å². The second-order valence-corrected chi connectivity index (χ2v) is 4.22. The minimum Gasteiger partial charge on any atom is -0.375 e. The van der Waals surface area contributed by atoms with E-state index in [0.29, 0.717) is 0 Å². The number of benzene rings is 1. The Bertz CT molecular complexity index is 380. The molecule has 1 N–H and O–H groups in total. The van der Waals surface area contributed by atoms with E-state index in [2.05, 4.69) is 5.32 Å². The Morgan fingerprint density at radius 1 is 1.40 bits per heavy atom. The second-order valence-electron chi connectivity index (χ2n) is 4.22. The van der Waals surface area contributed by atoms with E-state index in [1.807, 2.05) is 6.07 Å². The highest BCUT2D eigenvalue weighted by Gasteiger charge is 2.32. The molecule has 0 bridgehead atoms. The van der Waals surface area contributed by atoms with E-state index in [9.17, 15) is 4.39 Å². The molecule has 2 aliphatic rings. The number of hydrogen-bond donors (Lipinski definition) is 1. The molecule has 0 spiro atoms. The van der Waals surface area contributed by atoms with Crippen LogP contribution < -0.4 is 5.32 Å². The SMILES string of the molecule is Fc1ccc2c(c1)CCC1OCCNC21. The quantitative estimate of drug-likeness (QED) is 0.700. The maximum atomic E-state index is 13.1. The Morgan fingerprint density at radius 2 is 2.33 bits per heavy atom. The van der Waals surface area contributed by atoms with E-state index in [4.69, 9.17) is 4.74 Å². The van der Waals surface area contributed by atoms with Crippen molar-refractivity contribution < 1.29 is 9.13 Å². The first-order chi connectivity index (χ1) is 7.34. The van der Waals surface area contributed by atoms with Gasteiger partial charge in [0.2, 0.25) is 0 Å². The molecule has 2 atom stereocenters. The number of ether oxygens (including phenoxy) is 1. The van der Waals surface area contributed by atoms with Crippen LogP contribution in [0, 0.1) is 5.82 Å². The summed E-state index contributed by atoms with van der Waals surface area (Å²) in [6.07, 6.45) is 2.20. The second kappa shape index (κ2) is 3.58. The molecule has 15 heavy (non-hydrogen) atoms. The summed E-state index contributed by atoms with van der Waals surface area (Å²) in [7, 11) is 0. The lowest BCUT2D eigenvalue weighted by Crippen LogP contribution is -2.44. The van der Waals surface area contributed by atoms with E-state index in [1.54, 1.807) is 6.07 Å². The summed E-state index contributed by atoms with van der Waals surface area (Å²) in [5, 5.41) is 3.45. The highest BCUT2D eigenvalue weighted by molar-refractivity contribution is 5.34. The van der Waals surface area contributed by atoms with Crippen LogP contribution in [0.2, 0.25) is 0 Å². The van der Waals surface area contributed by atoms with Gasteiger partial charge in [-0.2, -0.15) is 0 Å².